The molecule has 0 saturated carbocycles. The highest BCUT2D eigenvalue weighted by molar-refractivity contribution is 5.90. The topological polar surface area (TPSA) is 153 Å². The molecule has 0 saturated heterocycles. The van der Waals surface area contributed by atoms with Crippen molar-refractivity contribution in [1.29, 1.82) is 0 Å². The van der Waals surface area contributed by atoms with E-state index in [0.29, 0.717) is 11.3 Å². The van der Waals surface area contributed by atoms with Crippen LogP contribution >= 0.6 is 0 Å². The fraction of sp³-hybridized carbons (Fsp3) is 0.438. The lowest BCUT2D eigenvalue weighted by Crippen LogP contribution is -2.50. The summed E-state index contributed by atoms with van der Waals surface area (Å²) < 4.78 is 10.1. The molecule has 0 aliphatic carbocycles. The molecule has 1 heterocycles. The van der Waals surface area contributed by atoms with E-state index in [1.165, 1.54) is 14.2 Å². The van der Waals surface area contributed by atoms with E-state index in [1.807, 2.05) is 6.07 Å². The molecule has 0 fully saturated rings. The molecular formula is C16H20N4O6. The number of carboxylic acids is 1. The van der Waals surface area contributed by atoms with Crippen LogP contribution < -0.4 is 15.8 Å². The average Bonchev–Trinajstić information content (AvgIpc) is 3.44. The Bertz CT molecular complexity index is 729. The number of carboxylic acid groups (broad SMARTS) is 1. The minimum absolute atomic E-state index is 0.0714. The van der Waals surface area contributed by atoms with Crippen LogP contribution in [0, 0.1) is 0 Å². The predicted octanol–water partition coefficient (Wildman–Crippen LogP) is 0.162. The molecule has 0 aromatic heterocycles. The van der Waals surface area contributed by atoms with Crippen molar-refractivity contribution in [2.75, 3.05) is 14.2 Å². The molecule has 2 atom stereocenters. The fourth-order valence-corrected chi connectivity index (χ4v) is 2.49. The second-order valence-electron chi connectivity index (χ2n) is 5.64. The maximum atomic E-state index is 12.1. The Hall–Kier alpha value is -3.01. The van der Waals surface area contributed by atoms with Gasteiger partial charge in [0.15, 0.2) is 0 Å². The van der Waals surface area contributed by atoms with Crippen LogP contribution in [0.1, 0.15) is 23.7 Å². The zero-order valence-corrected chi connectivity index (χ0v) is 14.3. The number of hydrogen-bond donors (Lipinski definition) is 3. The number of benzene rings is 1. The third-order valence-electron chi connectivity index (χ3n) is 3.80. The van der Waals surface area contributed by atoms with E-state index in [0.717, 1.165) is 5.56 Å². The molecule has 1 aromatic rings. The van der Waals surface area contributed by atoms with Gasteiger partial charge >= 0.3 is 11.9 Å². The number of amides is 1. The molecule has 0 unspecified atom stereocenters. The van der Waals surface area contributed by atoms with Gasteiger partial charge in [0.1, 0.15) is 11.8 Å². The van der Waals surface area contributed by atoms with Crippen molar-refractivity contribution in [3.8, 4) is 5.75 Å². The first-order chi connectivity index (χ1) is 12.4. The van der Waals surface area contributed by atoms with Crippen molar-refractivity contribution < 1.29 is 29.0 Å². The summed E-state index contributed by atoms with van der Waals surface area (Å²) in [5, 5.41) is 18.9. The van der Waals surface area contributed by atoms with Gasteiger partial charge in [-0.1, -0.05) is 18.2 Å². The number of esters is 1. The number of aliphatic carboxylic acids is 1. The van der Waals surface area contributed by atoms with Crippen molar-refractivity contribution in [2.24, 2.45) is 16.0 Å². The first kappa shape index (κ1) is 19.3. The molecule has 4 N–H and O–H groups in total. The van der Waals surface area contributed by atoms with Crippen molar-refractivity contribution in [3.05, 3.63) is 29.3 Å². The highest BCUT2D eigenvalue weighted by atomic mass is 16.5. The molecular weight excluding hydrogens is 344 g/mol. The zero-order valence-electron chi connectivity index (χ0n) is 14.3. The van der Waals surface area contributed by atoms with Crippen LogP contribution in [0.2, 0.25) is 0 Å². The molecule has 1 aliphatic heterocycles. The first-order valence-corrected chi connectivity index (χ1v) is 7.78. The summed E-state index contributed by atoms with van der Waals surface area (Å²) in [5.41, 5.74) is 6.93. The second kappa shape index (κ2) is 8.39. The highest BCUT2D eigenvalue weighted by Crippen LogP contribution is 2.38. The van der Waals surface area contributed by atoms with Crippen molar-refractivity contribution in [3.63, 3.8) is 0 Å². The number of nitrogens with two attached hydrogens (primary N) is 1. The summed E-state index contributed by atoms with van der Waals surface area (Å²) in [6.07, 6.45) is -0.773. The Morgan fingerprint density at radius 2 is 2.00 bits per heavy atom. The summed E-state index contributed by atoms with van der Waals surface area (Å²) in [7, 11) is 2.67. The quantitative estimate of drug-likeness (QED) is 0.528. The predicted molar refractivity (Wildman–Crippen MR) is 88.5 cm³/mol. The molecule has 140 valence electrons. The van der Waals surface area contributed by atoms with Gasteiger partial charge in [0.2, 0.25) is 12.1 Å². The Morgan fingerprint density at radius 1 is 1.31 bits per heavy atom. The number of rotatable bonds is 9. The van der Waals surface area contributed by atoms with Gasteiger partial charge < -0.3 is 25.6 Å². The molecule has 0 bridgehead atoms. The van der Waals surface area contributed by atoms with Gasteiger partial charge in [-0.2, -0.15) is 10.2 Å². The number of carbonyl (C=O) groups is 3. The Kier molecular flexibility index (Phi) is 6.23. The number of methoxy groups -OCH3 is 2. The number of nitrogens with one attached hydrogen (secondary N) is 1. The van der Waals surface area contributed by atoms with Crippen LogP contribution in [0.15, 0.2) is 28.4 Å². The minimum atomic E-state index is -1.28. The van der Waals surface area contributed by atoms with E-state index in [-0.39, 0.29) is 12.6 Å². The normalized spacial score (nSPS) is 15.0. The molecule has 1 aromatic carbocycles. The van der Waals surface area contributed by atoms with Crippen LogP contribution in [0.4, 0.5) is 0 Å². The highest BCUT2D eigenvalue weighted by Gasteiger charge is 2.29. The molecule has 10 nitrogen and oxygen atoms in total. The van der Waals surface area contributed by atoms with Gasteiger partial charge in [-0.3, -0.25) is 9.59 Å². The van der Waals surface area contributed by atoms with Gasteiger partial charge in [-0.05, 0) is 5.56 Å². The number of hydrogen-bond acceptors (Lipinski definition) is 8. The van der Waals surface area contributed by atoms with Gasteiger partial charge in [0.25, 0.3) is 0 Å². The van der Waals surface area contributed by atoms with E-state index < -0.39 is 36.4 Å². The second-order valence-corrected chi connectivity index (χ2v) is 5.64. The van der Waals surface area contributed by atoms with Crippen molar-refractivity contribution >= 4 is 17.8 Å². The molecule has 10 heteroatoms. The number of carbonyl (C=O) groups excluding carboxylic acids is 2. The average molecular weight is 364 g/mol. The van der Waals surface area contributed by atoms with Crippen LogP contribution in [-0.4, -0.2) is 49.3 Å². The van der Waals surface area contributed by atoms with E-state index in [4.69, 9.17) is 20.3 Å². The third kappa shape index (κ3) is 4.76. The smallest absolute Gasteiger partial charge is 0.328 e. The summed E-state index contributed by atoms with van der Waals surface area (Å²) in [6.45, 7) is 0. The Labute approximate surface area is 149 Å². The molecule has 26 heavy (non-hydrogen) atoms. The van der Waals surface area contributed by atoms with E-state index in [9.17, 15) is 14.4 Å². The fourth-order valence-electron chi connectivity index (χ4n) is 2.49. The molecule has 2 rings (SSSR count). The van der Waals surface area contributed by atoms with Gasteiger partial charge in [0.05, 0.1) is 26.7 Å². The van der Waals surface area contributed by atoms with Crippen LogP contribution in [0.25, 0.3) is 0 Å². The molecule has 0 spiro atoms. The third-order valence-corrected chi connectivity index (χ3v) is 3.80. The van der Waals surface area contributed by atoms with E-state index >= 15 is 0 Å². The van der Waals surface area contributed by atoms with Crippen LogP contribution in [0.3, 0.4) is 0 Å². The molecule has 0 radical (unpaired) electrons. The monoisotopic (exact) mass is 364 g/mol. The maximum Gasteiger partial charge on any atom is 0.328 e. The summed E-state index contributed by atoms with van der Waals surface area (Å²) in [6, 6.07) is 2.98. The van der Waals surface area contributed by atoms with Crippen LogP contribution in [0.5, 0.6) is 5.75 Å². The lowest BCUT2D eigenvalue weighted by atomic mass is 10.0. The SMILES string of the molecule is COC(=O)[C@H](Cc1cccc(C2N=N2)c1OC)NC(=O)[C@@H](N)CC(=O)O. The zero-order chi connectivity index (χ0) is 19.3. The standard InChI is InChI=1S/C16H20N4O6/c1-25-13-8(4-3-5-9(13)14-19-20-14)6-11(16(24)26-2)18-15(23)10(17)7-12(21)22/h3-5,10-11,14H,6-7,17H2,1-2H3,(H,18,23)(H,21,22)/t10-,11-/m0/s1. The largest absolute Gasteiger partial charge is 0.496 e. The van der Waals surface area contributed by atoms with Gasteiger partial charge in [0, 0.05) is 12.0 Å². The summed E-state index contributed by atoms with van der Waals surface area (Å²) in [5.74, 6) is -2.15. The number of nitrogens with zero attached hydrogens (tertiary/aromatic N) is 2. The number of para-hydroxylation sites is 1. The summed E-state index contributed by atoms with van der Waals surface area (Å²) >= 11 is 0. The Morgan fingerprint density at radius 3 is 2.54 bits per heavy atom. The first-order valence-electron chi connectivity index (χ1n) is 7.78. The van der Waals surface area contributed by atoms with Crippen molar-refractivity contribution in [1.82, 2.24) is 5.32 Å². The van der Waals surface area contributed by atoms with Crippen LogP contribution in [-0.2, 0) is 25.5 Å². The molecule has 1 aliphatic rings. The van der Waals surface area contributed by atoms with Gasteiger partial charge in [-0.25, -0.2) is 4.79 Å². The number of ether oxygens (including phenoxy) is 2. The maximum absolute atomic E-state index is 12.1. The lowest BCUT2D eigenvalue weighted by Gasteiger charge is -2.20. The summed E-state index contributed by atoms with van der Waals surface area (Å²) in [4.78, 5) is 34.8. The Balaban J connectivity index is 2.18. The minimum Gasteiger partial charge on any atom is -0.496 e. The van der Waals surface area contributed by atoms with E-state index in [2.05, 4.69) is 15.5 Å². The lowest BCUT2D eigenvalue weighted by molar-refractivity contribution is -0.145. The van der Waals surface area contributed by atoms with Crippen molar-refractivity contribution in [2.45, 2.75) is 31.1 Å². The molecule has 1 amide bonds. The van der Waals surface area contributed by atoms with E-state index in [1.54, 1.807) is 12.1 Å². The van der Waals surface area contributed by atoms with Gasteiger partial charge in [-0.15, -0.1) is 0 Å².